The van der Waals surface area contributed by atoms with Gasteiger partial charge in [-0.05, 0) is 37.0 Å². The number of nitrogens with zero attached hydrogens (tertiary/aromatic N) is 1. The zero-order chi connectivity index (χ0) is 12.8. The van der Waals surface area contributed by atoms with Gasteiger partial charge in [-0.25, -0.2) is 0 Å². The molecule has 0 unspecified atom stereocenters. The van der Waals surface area contributed by atoms with Crippen LogP contribution in [0, 0.1) is 11.3 Å². The number of benzene rings is 1. The lowest BCUT2D eigenvalue weighted by Gasteiger charge is -2.06. The fraction of sp³-hybridized carbons (Fsp3) is 0.429. The number of carbonyl (C=O) groups is 1. The summed E-state index contributed by atoms with van der Waals surface area (Å²) in [5.74, 6) is -0.0385. The maximum absolute atomic E-state index is 11.9. The van der Waals surface area contributed by atoms with E-state index in [9.17, 15) is 4.79 Å². The van der Waals surface area contributed by atoms with Gasteiger partial charge in [-0.2, -0.15) is 5.26 Å². The first kappa shape index (κ1) is 12.4. The van der Waals surface area contributed by atoms with Crippen LogP contribution in [-0.4, -0.2) is 19.0 Å². The van der Waals surface area contributed by atoms with Gasteiger partial charge in [0.2, 0.25) is 0 Å². The van der Waals surface area contributed by atoms with Crippen LogP contribution in [0.5, 0.6) is 0 Å². The molecular weight excluding hydrogens is 226 g/mol. The standard InChI is InChI=1S/C14H17N3O/c15-7-2-1-3-8-17-14(18)12-5-4-11-6-9-16-13(11)10-12/h4-5,10,16H,1-3,6,8-9H2,(H,17,18). The van der Waals surface area contributed by atoms with Crippen LogP contribution in [0.2, 0.25) is 0 Å². The number of rotatable bonds is 5. The molecule has 0 aromatic heterocycles. The molecule has 1 aromatic carbocycles. The molecule has 0 fully saturated rings. The van der Waals surface area contributed by atoms with E-state index in [0.29, 0.717) is 18.5 Å². The number of nitrogens with one attached hydrogen (secondary N) is 2. The van der Waals surface area contributed by atoms with Crippen molar-refractivity contribution in [3.63, 3.8) is 0 Å². The molecule has 0 spiro atoms. The molecule has 0 aliphatic carbocycles. The summed E-state index contributed by atoms with van der Waals surface area (Å²) in [6.45, 7) is 1.58. The van der Waals surface area contributed by atoms with Gasteiger partial charge < -0.3 is 10.6 Å². The second kappa shape index (κ2) is 6.06. The minimum absolute atomic E-state index is 0.0385. The van der Waals surface area contributed by atoms with Crippen molar-refractivity contribution in [2.45, 2.75) is 25.7 Å². The summed E-state index contributed by atoms with van der Waals surface area (Å²) in [6.07, 6.45) is 3.27. The number of nitriles is 1. The SMILES string of the molecule is N#CCCCCNC(=O)c1ccc2c(c1)NCC2. The monoisotopic (exact) mass is 243 g/mol. The van der Waals surface area contributed by atoms with Crippen LogP contribution < -0.4 is 10.6 Å². The number of carbonyl (C=O) groups excluding carboxylic acids is 1. The Kier molecular flexibility index (Phi) is 4.19. The zero-order valence-corrected chi connectivity index (χ0v) is 10.3. The van der Waals surface area contributed by atoms with Crippen LogP contribution in [0.15, 0.2) is 18.2 Å². The second-order valence-electron chi connectivity index (χ2n) is 4.42. The van der Waals surface area contributed by atoms with Crippen molar-refractivity contribution in [1.82, 2.24) is 5.32 Å². The van der Waals surface area contributed by atoms with E-state index in [-0.39, 0.29) is 5.91 Å². The van der Waals surface area contributed by atoms with E-state index in [1.807, 2.05) is 18.2 Å². The lowest BCUT2D eigenvalue weighted by Crippen LogP contribution is -2.24. The first-order chi connectivity index (χ1) is 8.81. The highest BCUT2D eigenvalue weighted by Crippen LogP contribution is 2.23. The van der Waals surface area contributed by atoms with Crippen molar-refractivity contribution in [3.8, 4) is 6.07 Å². The molecule has 0 saturated heterocycles. The van der Waals surface area contributed by atoms with Crippen LogP contribution in [-0.2, 0) is 6.42 Å². The van der Waals surface area contributed by atoms with Crippen molar-refractivity contribution in [2.75, 3.05) is 18.4 Å². The second-order valence-corrected chi connectivity index (χ2v) is 4.42. The van der Waals surface area contributed by atoms with Crippen molar-refractivity contribution >= 4 is 11.6 Å². The molecule has 1 aliphatic rings. The molecule has 94 valence electrons. The van der Waals surface area contributed by atoms with Gasteiger partial charge >= 0.3 is 0 Å². The fourth-order valence-electron chi connectivity index (χ4n) is 2.07. The van der Waals surface area contributed by atoms with Gasteiger partial charge in [-0.3, -0.25) is 4.79 Å². The maximum atomic E-state index is 11.9. The summed E-state index contributed by atoms with van der Waals surface area (Å²) >= 11 is 0. The number of fused-ring (bicyclic) bond motifs is 1. The van der Waals surface area contributed by atoms with E-state index in [4.69, 9.17) is 5.26 Å². The van der Waals surface area contributed by atoms with E-state index in [1.54, 1.807) is 0 Å². The number of hydrogen-bond donors (Lipinski definition) is 2. The third-order valence-corrected chi connectivity index (χ3v) is 3.08. The Morgan fingerprint density at radius 2 is 2.33 bits per heavy atom. The molecule has 1 heterocycles. The molecule has 1 aliphatic heterocycles. The summed E-state index contributed by atoms with van der Waals surface area (Å²) < 4.78 is 0. The van der Waals surface area contributed by atoms with Gasteiger partial charge in [0.25, 0.3) is 5.91 Å². The molecule has 0 radical (unpaired) electrons. The quantitative estimate of drug-likeness (QED) is 0.778. The van der Waals surface area contributed by atoms with Gasteiger partial charge in [-0.1, -0.05) is 6.07 Å². The molecule has 4 heteroatoms. The molecule has 0 bridgehead atoms. The third-order valence-electron chi connectivity index (χ3n) is 3.08. The minimum atomic E-state index is -0.0385. The predicted molar refractivity (Wildman–Crippen MR) is 70.4 cm³/mol. The lowest BCUT2D eigenvalue weighted by atomic mass is 10.1. The van der Waals surface area contributed by atoms with E-state index >= 15 is 0 Å². The smallest absolute Gasteiger partial charge is 0.251 e. The third kappa shape index (κ3) is 3.01. The Morgan fingerprint density at radius 3 is 3.17 bits per heavy atom. The van der Waals surface area contributed by atoms with Gasteiger partial charge in [0.05, 0.1) is 6.07 Å². The number of anilines is 1. The molecule has 1 amide bonds. The molecular formula is C14H17N3O. The number of hydrogen-bond acceptors (Lipinski definition) is 3. The van der Waals surface area contributed by atoms with Gasteiger partial charge in [0.15, 0.2) is 0 Å². The Hall–Kier alpha value is -2.02. The summed E-state index contributed by atoms with van der Waals surface area (Å²) in [5.41, 5.74) is 3.05. The highest BCUT2D eigenvalue weighted by atomic mass is 16.1. The fourth-order valence-corrected chi connectivity index (χ4v) is 2.07. The minimum Gasteiger partial charge on any atom is -0.384 e. The highest BCUT2D eigenvalue weighted by molar-refractivity contribution is 5.95. The summed E-state index contributed by atoms with van der Waals surface area (Å²) in [7, 11) is 0. The molecule has 18 heavy (non-hydrogen) atoms. The van der Waals surface area contributed by atoms with Crippen LogP contribution in [0.4, 0.5) is 5.69 Å². The largest absolute Gasteiger partial charge is 0.384 e. The van der Waals surface area contributed by atoms with Crippen molar-refractivity contribution in [3.05, 3.63) is 29.3 Å². The van der Waals surface area contributed by atoms with E-state index in [0.717, 1.165) is 31.5 Å². The van der Waals surface area contributed by atoms with Crippen molar-refractivity contribution < 1.29 is 4.79 Å². The molecule has 0 atom stereocenters. The number of unbranched alkanes of at least 4 members (excludes halogenated alkanes) is 2. The molecule has 2 N–H and O–H groups in total. The maximum Gasteiger partial charge on any atom is 0.251 e. The van der Waals surface area contributed by atoms with E-state index in [2.05, 4.69) is 16.7 Å². The molecule has 4 nitrogen and oxygen atoms in total. The molecule has 0 saturated carbocycles. The first-order valence-corrected chi connectivity index (χ1v) is 6.33. The summed E-state index contributed by atoms with van der Waals surface area (Å²) in [6, 6.07) is 7.89. The van der Waals surface area contributed by atoms with Crippen LogP contribution in [0.1, 0.15) is 35.2 Å². The van der Waals surface area contributed by atoms with Crippen LogP contribution in [0.25, 0.3) is 0 Å². The Balaban J connectivity index is 1.84. The Labute approximate surface area is 107 Å². The first-order valence-electron chi connectivity index (χ1n) is 6.33. The highest BCUT2D eigenvalue weighted by Gasteiger charge is 2.12. The normalized spacial score (nSPS) is 12.4. The lowest BCUT2D eigenvalue weighted by molar-refractivity contribution is 0.0953. The predicted octanol–water partition coefficient (Wildman–Crippen LogP) is 2.08. The van der Waals surface area contributed by atoms with Gasteiger partial charge in [0.1, 0.15) is 0 Å². The average molecular weight is 243 g/mol. The van der Waals surface area contributed by atoms with Crippen LogP contribution >= 0.6 is 0 Å². The van der Waals surface area contributed by atoms with Gasteiger partial charge in [-0.15, -0.1) is 0 Å². The van der Waals surface area contributed by atoms with Crippen molar-refractivity contribution in [1.29, 1.82) is 5.26 Å². The van der Waals surface area contributed by atoms with Crippen molar-refractivity contribution in [2.24, 2.45) is 0 Å². The summed E-state index contributed by atoms with van der Waals surface area (Å²) in [4.78, 5) is 11.9. The molecule has 2 rings (SSSR count). The zero-order valence-electron chi connectivity index (χ0n) is 10.3. The Morgan fingerprint density at radius 1 is 1.44 bits per heavy atom. The Bertz CT molecular complexity index is 476. The molecule has 1 aromatic rings. The van der Waals surface area contributed by atoms with Gasteiger partial charge in [0, 0.05) is 30.8 Å². The average Bonchev–Trinajstić information content (AvgIpc) is 2.85. The van der Waals surface area contributed by atoms with E-state index in [1.165, 1.54) is 5.56 Å². The number of amides is 1. The van der Waals surface area contributed by atoms with Crippen LogP contribution in [0.3, 0.4) is 0 Å². The summed E-state index contributed by atoms with van der Waals surface area (Å²) in [5, 5.41) is 14.5. The topological polar surface area (TPSA) is 64.9 Å². The van der Waals surface area contributed by atoms with E-state index < -0.39 is 0 Å².